The van der Waals surface area contributed by atoms with E-state index in [1.807, 2.05) is 6.92 Å². The largest absolute Gasteiger partial charge is 0.481 e. The molecule has 2 unspecified atom stereocenters. The molecule has 1 fully saturated rings. The van der Waals surface area contributed by atoms with Gasteiger partial charge in [0.15, 0.2) is 0 Å². The molecule has 3 heteroatoms. The van der Waals surface area contributed by atoms with Gasteiger partial charge in [-0.1, -0.05) is 6.92 Å². The number of ether oxygens (including phenoxy) is 1. The van der Waals surface area contributed by atoms with E-state index in [4.69, 9.17) is 9.84 Å². The lowest BCUT2D eigenvalue weighted by molar-refractivity contribution is -0.146. The highest BCUT2D eigenvalue weighted by atomic mass is 16.5. The summed E-state index contributed by atoms with van der Waals surface area (Å²) in [4.78, 5) is 10.7. The molecule has 0 spiro atoms. The summed E-state index contributed by atoms with van der Waals surface area (Å²) in [5, 5.41) is 8.80. The van der Waals surface area contributed by atoms with Crippen molar-refractivity contribution in [3.05, 3.63) is 0 Å². The van der Waals surface area contributed by atoms with Crippen molar-refractivity contribution in [2.24, 2.45) is 5.92 Å². The lowest BCUT2D eigenvalue weighted by Crippen LogP contribution is -2.25. The molecule has 1 aliphatic carbocycles. The van der Waals surface area contributed by atoms with Gasteiger partial charge in [0, 0.05) is 6.61 Å². The Kier molecular flexibility index (Phi) is 3.53. The lowest BCUT2D eigenvalue weighted by Gasteiger charge is -2.15. The zero-order valence-electron chi connectivity index (χ0n) is 7.45. The Bertz CT molecular complexity index is 156. The summed E-state index contributed by atoms with van der Waals surface area (Å²) in [6.07, 6.45) is 3.62. The second-order valence-electron chi connectivity index (χ2n) is 3.28. The number of rotatable bonds is 4. The van der Waals surface area contributed by atoms with Crippen LogP contribution in [-0.2, 0) is 9.53 Å². The van der Waals surface area contributed by atoms with E-state index in [0.717, 1.165) is 25.7 Å². The molecular formula is C9H16O3. The molecule has 0 amide bonds. The number of aliphatic carboxylic acids is 1. The minimum atomic E-state index is -0.700. The predicted octanol–water partition coefficient (Wildman–Crippen LogP) is 1.67. The first-order valence-electron chi connectivity index (χ1n) is 4.60. The average molecular weight is 172 g/mol. The fourth-order valence-electron chi connectivity index (χ4n) is 1.68. The minimum absolute atomic E-state index is 0.0255. The van der Waals surface area contributed by atoms with Crippen LogP contribution in [0.4, 0.5) is 0 Å². The highest BCUT2D eigenvalue weighted by molar-refractivity contribution is 5.71. The molecule has 1 saturated carbocycles. The zero-order valence-corrected chi connectivity index (χ0v) is 7.45. The van der Waals surface area contributed by atoms with Crippen LogP contribution in [0.1, 0.15) is 32.6 Å². The van der Waals surface area contributed by atoms with E-state index in [1.54, 1.807) is 0 Å². The van der Waals surface area contributed by atoms with Crippen molar-refractivity contribution >= 4 is 5.97 Å². The van der Waals surface area contributed by atoms with E-state index in [-0.39, 0.29) is 12.0 Å². The summed E-state index contributed by atoms with van der Waals surface area (Å²) < 4.78 is 5.45. The van der Waals surface area contributed by atoms with Gasteiger partial charge in [0.2, 0.25) is 0 Å². The van der Waals surface area contributed by atoms with Gasteiger partial charge in [0.1, 0.15) is 0 Å². The van der Waals surface area contributed by atoms with Gasteiger partial charge in [0.25, 0.3) is 0 Å². The van der Waals surface area contributed by atoms with Crippen molar-refractivity contribution in [1.29, 1.82) is 0 Å². The van der Waals surface area contributed by atoms with Crippen molar-refractivity contribution in [1.82, 2.24) is 0 Å². The SMILES string of the molecule is CCCOC1CCCC1C(=O)O. The summed E-state index contributed by atoms with van der Waals surface area (Å²) in [7, 11) is 0. The molecular weight excluding hydrogens is 156 g/mol. The van der Waals surface area contributed by atoms with E-state index >= 15 is 0 Å². The second kappa shape index (κ2) is 4.45. The number of carboxylic acid groups (broad SMARTS) is 1. The Morgan fingerprint density at radius 1 is 1.58 bits per heavy atom. The molecule has 3 nitrogen and oxygen atoms in total. The van der Waals surface area contributed by atoms with Gasteiger partial charge >= 0.3 is 5.97 Å². The van der Waals surface area contributed by atoms with Crippen LogP contribution in [0.25, 0.3) is 0 Å². The number of carbonyl (C=O) groups is 1. The van der Waals surface area contributed by atoms with Crippen LogP contribution in [-0.4, -0.2) is 23.8 Å². The quantitative estimate of drug-likeness (QED) is 0.701. The van der Waals surface area contributed by atoms with Crippen LogP contribution < -0.4 is 0 Å². The van der Waals surface area contributed by atoms with Crippen LogP contribution in [0.5, 0.6) is 0 Å². The van der Waals surface area contributed by atoms with E-state index in [9.17, 15) is 4.79 Å². The molecule has 0 bridgehead atoms. The van der Waals surface area contributed by atoms with Gasteiger partial charge in [-0.2, -0.15) is 0 Å². The van der Waals surface area contributed by atoms with E-state index in [1.165, 1.54) is 0 Å². The fraction of sp³-hybridized carbons (Fsp3) is 0.889. The molecule has 0 aliphatic heterocycles. The molecule has 70 valence electrons. The maximum atomic E-state index is 10.7. The van der Waals surface area contributed by atoms with E-state index in [2.05, 4.69) is 0 Å². The van der Waals surface area contributed by atoms with Gasteiger partial charge in [-0.3, -0.25) is 4.79 Å². The monoisotopic (exact) mass is 172 g/mol. The first-order valence-corrected chi connectivity index (χ1v) is 4.60. The third-order valence-corrected chi connectivity index (χ3v) is 2.31. The van der Waals surface area contributed by atoms with Crippen molar-refractivity contribution in [3.63, 3.8) is 0 Å². The first-order chi connectivity index (χ1) is 5.75. The topological polar surface area (TPSA) is 46.5 Å². The Labute approximate surface area is 72.7 Å². The van der Waals surface area contributed by atoms with Crippen molar-refractivity contribution < 1.29 is 14.6 Å². The van der Waals surface area contributed by atoms with Crippen LogP contribution in [0.2, 0.25) is 0 Å². The molecule has 12 heavy (non-hydrogen) atoms. The standard InChI is InChI=1S/C9H16O3/c1-2-6-12-8-5-3-4-7(8)9(10)11/h7-8H,2-6H2,1H3,(H,10,11). The highest BCUT2D eigenvalue weighted by Gasteiger charge is 2.33. The van der Waals surface area contributed by atoms with Crippen LogP contribution >= 0.6 is 0 Å². The van der Waals surface area contributed by atoms with Crippen LogP contribution in [0, 0.1) is 5.92 Å². The summed E-state index contributed by atoms with van der Waals surface area (Å²) >= 11 is 0. The average Bonchev–Trinajstić information content (AvgIpc) is 2.48. The summed E-state index contributed by atoms with van der Waals surface area (Å²) in [6, 6.07) is 0. The first kappa shape index (κ1) is 9.52. The normalized spacial score (nSPS) is 29.1. The fourth-order valence-corrected chi connectivity index (χ4v) is 1.68. The predicted molar refractivity (Wildman–Crippen MR) is 45.0 cm³/mol. The van der Waals surface area contributed by atoms with Gasteiger partial charge in [0.05, 0.1) is 12.0 Å². The summed E-state index contributed by atoms with van der Waals surface area (Å²) in [5.74, 6) is -0.954. The van der Waals surface area contributed by atoms with Crippen LogP contribution in [0.15, 0.2) is 0 Å². The summed E-state index contributed by atoms with van der Waals surface area (Å²) in [5.41, 5.74) is 0. The van der Waals surface area contributed by atoms with Crippen molar-refractivity contribution in [2.45, 2.75) is 38.7 Å². The smallest absolute Gasteiger partial charge is 0.309 e. The maximum absolute atomic E-state index is 10.7. The van der Waals surface area contributed by atoms with Gasteiger partial charge in [-0.15, -0.1) is 0 Å². The zero-order chi connectivity index (χ0) is 8.97. The lowest BCUT2D eigenvalue weighted by atomic mass is 10.1. The minimum Gasteiger partial charge on any atom is -0.481 e. The third-order valence-electron chi connectivity index (χ3n) is 2.31. The van der Waals surface area contributed by atoms with Crippen molar-refractivity contribution in [3.8, 4) is 0 Å². The third kappa shape index (κ3) is 2.21. The van der Waals surface area contributed by atoms with Crippen LogP contribution in [0.3, 0.4) is 0 Å². The number of carboxylic acids is 1. The van der Waals surface area contributed by atoms with E-state index < -0.39 is 5.97 Å². The highest BCUT2D eigenvalue weighted by Crippen LogP contribution is 2.28. The molecule has 1 rings (SSSR count). The molecule has 1 aliphatic rings. The molecule has 0 aromatic heterocycles. The molecule has 1 N–H and O–H groups in total. The molecule has 2 atom stereocenters. The van der Waals surface area contributed by atoms with E-state index in [0.29, 0.717) is 6.61 Å². The molecule has 0 saturated heterocycles. The molecule has 0 aromatic rings. The molecule has 0 aromatic carbocycles. The Morgan fingerprint density at radius 3 is 2.92 bits per heavy atom. The Balaban J connectivity index is 2.35. The number of hydrogen-bond donors (Lipinski definition) is 1. The maximum Gasteiger partial charge on any atom is 0.309 e. The molecule has 0 heterocycles. The summed E-state index contributed by atoms with van der Waals surface area (Å²) in [6.45, 7) is 2.72. The Morgan fingerprint density at radius 2 is 2.33 bits per heavy atom. The number of hydrogen-bond acceptors (Lipinski definition) is 2. The Hall–Kier alpha value is -0.570. The van der Waals surface area contributed by atoms with Gasteiger partial charge in [-0.05, 0) is 25.7 Å². The molecule has 0 radical (unpaired) electrons. The van der Waals surface area contributed by atoms with Gasteiger partial charge in [-0.25, -0.2) is 0 Å². The van der Waals surface area contributed by atoms with Crippen molar-refractivity contribution in [2.75, 3.05) is 6.61 Å². The van der Waals surface area contributed by atoms with Gasteiger partial charge < -0.3 is 9.84 Å². The second-order valence-corrected chi connectivity index (χ2v) is 3.28.